The first kappa shape index (κ1) is 10.3. The van der Waals surface area contributed by atoms with Gasteiger partial charge >= 0.3 is 0 Å². The molecule has 0 bridgehead atoms. The molecule has 71 valence electrons. The minimum atomic E-state index is 0.661. The molecule has 1 aromatic carbocycles. The Morgan fingerprint density at radius 3 is 2.54 bits per heavy atom. The highest BCUT2D eigenvalue weighted by atomic mass is 16.3. The zero-order valence-corrected chi connectivity index (χ0v) is 8.54. The molecule has 1 N–H and O–H groups in total. The lowest BCUT2D eigenvalue weighted by Crippen LogP contribution is -1.96. The van der Waals surface area contributed by atoms with Crippen molar-refractivity contribution < 1.29 is 5.11 Å². The van der Waals surface area contributed by atoms with Gasteiger partial charge in [0.15, 0.2) is 0 Å². The number of benzene rings is 1. The van der Waals surface area contributed by atoms with Gasteiger partial charge in [0.1, 0.15) is 6.61 Å². The van der Waals surface area contributed by atoms with Gasteiger partial charge < -0.3 is 5.11 Å². The molecule has 1 rings (SSSR count). The maximum atomic E-state index is 8.90. The molecule has 13 heavy (non-hydrogen) atoms. The molecule has 0 aromatic heterocycles. The fourth-order valence-corrected chi connectivity index (χ4v) is 1.56. The minimum absolute atomic E-state index is 0.661. The van der Waals surface area contributed by atoms with Crippen molar-refractivity contribution in [2.75, 3.05) is 0 Å². The van der Waals surface area contributed by atoms with Gasteiger partial charge in [-0.3, -0.25) is 0 Å². The highest BCUT2D eigenvalue weighted by Gasteiger charge is 2.00. The van der Waals surface area contributed by atoms with Crippen LogP contribution in [0.1, 0.15) is 30.5 Å². The summed E-state index contributed by atoms with van der Waals surface area (Å²) in [6, 6.07) is 6.18. The summed E-state index contributed by atoms with van der Waals surface area (Å²) in [4.78, 5) is 0. The molecule has 0 spiro atoms. The lowest BCUT2D eigenvalue weighted by molar-refractivity contribution is 0.414. The van der Waals surface area contributed by atoms with E-state index in [0.29, 0.717) is 5.92 Å². The van der Waals surface area contributed by atoms with Crippen LogP contribution in [-0.2, 0) is 6.42 Å². The molecule has 1 aromatic rings. The number of aryl methyl sites for hydroxylation is 1. The zero-order valence-electron chi connectivity index (χ0n) is 8.54. The van der Waals surface area contributed by atoms with E-state index in [0.717, 1.165) is 18.6 Å². The summed E-state index contributed by atoms with van der Waals surface area (Å²) in [6.45, 7) is 7.61. The summed E-state index contributed by atoms with van der Waals surface area (Å²) < 4.78 is 0. The first-order valence-corrected chi connectivity index (χ1v) is 4.70. The third-order valence-electron chi connectivity index (χ3n) is 1.95. The molecule has 0 atom stereocenters. The number of rotatable bonds is 3. The Balaban J connectivity index is 2.88. The van der Waals surface area contributed by atoms with Crippen molar-refractivity contribution >= 4 is 0 Å². The molecule has 1 nitrogen and oxygen atoms in total. The van der Waals surface area contributed by atoms with E-state index in [4.69, 9.17) is 5.11 Å². The van der Waals surface area contributed by atoms with Crippen molar-refractivity contribution in [3.05, 3.63) is 41.5 Å². The lowest BCUT2D eigenvalue weighted by atomic mass is 9.99. The smallest absolute Gasteiger partial charge is 0.109 e. The molecule has 1 heteroatoms. The minimum Gasteiger partial charge on any atom is -0.385 e. The number of hydrogen-bond acceptors (Lipinski definition) is 1. The first-order valence-electron chi connectivity index (χ1n) is 4.70. The van der Waals surface area contributed by atoms with Crippen LogP contribution in [0.2, 0.25) is 0 Å². The summed E-state index contributed by atoms with van der Waals surface area (Å²) in [7, 11) is 0. The van der Waals surface area contributed by atoms with E-state index in [1.54, 1.807) is 0 Å². The topological polar surface area (TPSA) is 20.2 Å². The molecule has 0 aliphatic heterocycles. The molecule has 0 aliphatic rings. The normalized spacial score (nSPS) is 10.8. The predicted octanol–water partition coefficient (Wildman–Crippen LogP) is 3.08. The van der Waals surface area contributed by atoms with Crippen molar-refractivity contribution in [3.63, 3.8) is 0 Å². The summed E-state index contributed by atoms with van der Waals surface area (Å²) in [5.41, 5.74) is 3.41. The average molecular weight is 177 g/mol. The number of aliphatic hydroxyl groups is 1. The van der Waals surface area contributed by atoms with Gasteiger partial charge in [-0.1, -0.05) is 37.6 Å². The summed E-state index contributed by atoms with van der Waals surface area (Å²) >= 11 is 0. The van der Waals surface area contributed by atoms with Gasteiger partial charge in [0.25, 0.3) is 0 Å². The van der Waals surface area contributed by atoms with Crippen LogP contribution >= 0.6 is 0 Å². The molecule has 0 saturated carbocycles. The lowest BCUT2D eigenvalue weighted by Gasteiger charge is -2.07. The second-order valence-corrected chi connectivity index (χ2v) is 3.98. The van der Waals surface area contributed by atoms with Crippen LogP contribution in [0.3, 0.4) is 0 Å². The Hall–Kier alpha value is -0.820. The fraction of sp³-hybridized carbons (Fsp3) is 0.417. The molecule has 0 amide bonds. The Morgan fingerprint density at radius 1 is 1.31 bits per heavy atom. The Labute approximate surface area is 80.4 Å². The monoisotopic (exact) mass is 177 g/mol. The molecule has 0 fully saturated rings. The van der Waals surface area contributed by atoms with E-state index in [1.807, 2.05) is 12.1 Å². The average Bonchev–Trinajstić information content (AvgIpc) is 2.01. The molecule has 0 heterocycles. The van der Waals surface area contributed by atoms with E-state index in [9.17, 15) is 0 Å². The summed E-state index contributed by atoms with van der Waals surface area (Å²) in [6.07, 6.45) is 1.07. The van der Waals surface area contributed by atoms with Crippen molar-refractivity contribution in [3.8, 4) is 0 Å². The van der Waals surface area contributed by atoms with Crippen LogP contribution in [-0.4, -0.2) is 5.11 Å². The largest absolute Gasteiger partial charge is 0.385 e. The van der Waals surface area contributed by atoms with Gasteiger partial charge in [-0.25, -0.2) is 0 Å². The molecule has 0 unspecified atom stereocenters. The van der Waals surface area contributed by atoms with Crippen molar-refractivity contribution in [1.82, 2.24) is 0 Å². The van der Waals surface area contributed by atoms with E-state index in [1.165, 1.54) is 11.1 Å². The highest BCUT2D eigenvalue weighted by Crippen LogP contribution is 2.14. The quantitative estimate of drug-likeness (QED) is 0.752. The molecular formula is C12H17O. The van der Waals surface area contributed by atoms with Crippen molar-refractivity contribution in [1.29, 1.82) is 0 Å². The fourth-order valence-electron chi connectivity index (χ4n) is 1.56. The Kier molecular flexibility index (Phi) is 3.49. The van der Waals surface area contributed by atoms with E-state index in [2.05, 4.69) is 26.8 Å². The number of aliphatic hydroxyl groups excluding tert-OH is 1. The first-order chi connectivity index (χ1) is 6.11. The van der Waals surface area contributed by atoms with Crippen molar-refractivity contribution in [2.24, 2.45) is 5.92 Å². The molecule has 1 radical (unpaired) electrons. The van der Waals surface area contributed by atoms with Crippen LogP contribution in [0.25, 0.3) is 0 Å². The Morgan fingerprint density at radius 2 is 2.00 bits per heavy atom. The van der Waals surface area contributed by atoms with Crippen LogP contribution in [0.4, 0.5) is 0 Å². The van der Waals surface area contributed by atoms with Gasteiger partial charge in [0.2, 0.25) is 0 Å². The zero-order chi connectivity index (χ0) is 9.84. The van der Waals surface area contributed by atoms with Gasteiger partial charge in [-0.2, -0.15) is 0 Å². The maximum absolute atomic E-state index is 8.90. The standard InChI is InChI=1S/C12H17O/c1-9(2)4-11-5-10(3)6-12(7-11)8-13/h5-9,13H,4H2,1-3H3. The highest BCUT2D eigenvalue weighted by molar-refractivity contribution is 5.32. The third kappa shape index (κ3) is 3.19. The summed E-state index contributed by atoms with van der Waals surface area (Å²) in [5.74, 6) is 0.661. The number of hydrogen-bond donors (Lipinski definition) is 1. The summed E-state index contributed by atoms with van der Waals surface area (Å²) in [5, 5.41) is 8.90. The van der Waals surface area contributed by atoms with Crippen molar-refractivity contribution in [2.45, 2.75) is 27.2 Å². The van der Waals surface area contributed by atoms with Crippen LogP contribution in [0, 0.1) is 19.4 Å². The second kappa shape index (κ2) is 4.43. The maximum Gasteiger partial charge on any atom is 0.109 e. The van der Waals surface area contributed by atoms with Gasteiger partial charge in [0.05, 0.1) is 0 Å². The molecule has 0 aliphatic carbocycles. The Bertz CT molecular complexity index is 276. The van der Waals surface area contributed by atoms with E-state index in [-0.39, 0.29) is 0 Å². The third-order valence-corrected chi connectivity index (χ3v) is 1.95. The SMILES string of the molecule is Cc1cc([CH]O)cc(CC(C)C)c1. The predicted molar refractivity (Wildman–Crippen MR) is 55.1 cm³/mol. The van der Waals surface area contributed by atoms with Crippen LogP contribution in [0.15, 0.2) is 18.2 Å². The van der Waals surface area contributed by atoms with Gasteiger partial charge in [-0.05, 0) is 30.4 Å². The van der Waals surface area contributed by atoms with E-state index < -0.39 is 0 Å². The van der Waals surface area contributed by atoms with E-state index >= 15 is 0 Å². The van der Waals surface area contributed by atoms with Gasteiger partial charge in [-0.15, -0.1) is 0 Å². The molecular weight excluding hydrogens is 160 g/mol. The molecule has 0 saturated heterocycles. The van der Waals surface area contributed by atoms with Crippen LogP contribution < -0.4 is 0 Å². The van der Waals surface area contributed by atoms with Gasteiger partial charge in [0, 0.05) is 0 Å². The van der Waals surface area contributed by atoms with Crippen LogP contribution in [0.5, 0.6) is 0 Å². The second-order valence-electron chi connectivity index (χ2n) is 3.98.